The molecule has 1 N–H and O–H groups in total. The number of rotatable bonds is 9. The van der Waals surface area contributed by atoms with Crippen LogP contribution >= 0.6 is 0 Å². The molecule has 8 heteroatoms. The average Bonchev–Trinajstić information content (AvgIpc) is 2.51. The van der Waals surface area contributed by atoms with Crippen molar-refractivity contribution in [3.05, 3.63) is 24.3 Å². The Bertz CT molecular complexity index is 614. The fourth-order valence-corrected chi connectivity index (χ4v) is 2.11. The standard InChI is InChI=1S/C18H25NO7/c1-11(24-14(4)22)18(10-23-13(3)21)26-15(5)25-17-8-6-16(7-9-17)19-12(2)20/h6-9,11,15,18H,10H2,1-5H3,(H,19,20)/t11-,15-,18?/m0/s1. The summed E-state index contributed by atoms with van der Waals surface area (Å²) in [4.78, 5) is 33.2. The van der Waals surface area contributed by atoms with Crippen LogP contribution in [0.2, 0.25) is 0 Å². The van der Waals surface area contributed by atoms with Gasteiger partial charge in [-0.25, -0.2) is 0 Å². The van der Waals surface area contributed by atoms with Crippen molar-refractivity contribution in [2.45, 2.75) is 53.1 Å². The normalized spacial score (nSPS) is 13.9. The van der Waals surface area contributed by atoms with Crippen LogP contribution < -0.4 is 10.1 Å². The molecule has 0 bridgehead atoms. The van der Waals surface area contributed by atoms with Gasteiger partial charge in [0.2, 0.25) is 5.91 Å². The fraction of sp³-hybridized carbons (Fsp3) is 0.500. The first-order valence-corrected chi connectivity index (χ1v) is 8.17. The summed E-state index contributed by atoms with van der Waals surface area (Å²) in [5, 5.41) is 2.66. The maximum absolute atomic E-state index is 11.1. The van der Waals surface area contributed by atoms with Crippen molar-refractivity contribution in [3.63, 3.8) is 0 Å². The van der Waals surface area contributed by atoms with E-state index in [1.54, 1.807) is 38.1 Å². The third-order valence-electron chi connectivity index (χ3n) is 3.17. The van der Waals surface area contributed by atoms with E-state index in [-0.39, 0.29) is 12.5 Å². The second-order valence-corrected chi connectivity index (χ2v) is 5.68. The molecule has 26 heavy (non-hydrogen) atoms. The van der Waals surface area contributed by atoms with Gasteiger partial charge in [0, 0.05) is 26.5 Å². The number of carbonyl (C=O) groups is 3. The van der Waals surface area contributed by atoms with Crippen LogP contribution in [0.1, 0.15) is 34.6 Å². The van der Waals surface area contributed by atoms with Crippen LogP contribution in [0.5, 0.6) is 5.75 Å². The first kappa shape index (κ1) is 21.4. The van der Waals surface area contributed by atoms with Gasteiger partial charge in [0.15, 0.2) is 6.29 Å². The number of amides is 1. The summed E-state index contributed by atoms with van der Waals surface area (Å²) < 4.78 is 21.4. The lowest BCUT2D eigenvalue weighted by Crippen LogP contribution is -2.38. The molecule has 0 aliphatic rings. The predicted octanol–water partition coefficient (Wildman–Crippen LogP) is 2.27. The van der Waals surface area contributed by atoms with Gasteiger partial charge >= 0.3 is 11.9 Å². The number of carbonyl (C=O) groups excluding carboxylic acids is 3. The van der Waals surface area contributed by atoms with Crippen molar-refractivity contribution in [2.24, 2.45) is 0 Å². The van der Waals surface area contributed by atoms with Crippen LogP contribution in [-0.4, -0.2) is 43.0 Å². The highest BCUT2D eigenvalue weighted by molar-refractivity contribution is 5.88. The Labute approximate surface area is 152 Å². The number of nitrogens with one attached hydrogen (secondary N) is 1. The van der Waals surface area contributed by atoms with Crippen molar-refractivity contribution in [2.75, 3.05) is 11.9 Å². The van der Waals surface area contributed by atoms with Crippen molar-refractivity contribution >= 4 is 23.5 Å². The summed E-state index contributed by atoms with van der Waals surface area (Å²) in [6.45, 7) is 7.24. The number of hydrogen-bond donors (Lipinski definition) is 1. The molecule has 0 aliphatic heterocycles. The number of hydrogen-bond acceptors (Lipinski definition) is 7. The maximum Gasteiger partial charge on any atom is 0.302 e. The number of ether oxygens (including phenoxy) is 4. The first-order chi connectivity index (χ1) is 12.2. The Balaban J connectivity index is 2.66. The van der Waals surface area contributed by atoms with Crippen molar-refractivity contribution in [1.82, 2.24) is 0 Å². The minimum Gasteiger partial charge on any atom is -0.465 e. The third-order valence-corrected chi connectivity index (χ3v) is 3.17. The van der Waals surface area contributed by atoms with Crippen LogP contribution in [0.15, 0.2) is 24.3 Å². The maximum atomic E-state index is 11.1. The summed E-state index contributed by atoms with van der Waals surface area (Å²) in [5.41, 5.74) is 0.648. The largest absolute Gasteiger partial charge is 0.465 e. The molecule has 1 unspecified atom stereocenters. The zero-order chi connectivity index (χ0) is 19.7. The molecule has 8 nitrogen and oxygen atoms in total. The lowest BCUT2D eigenvalue weighted by molar-refractivity contribution is -0.182. The van der Waals surface area contributed by atoms with E-state index in [9.17, 15) is 14.4 Å². The third kappa shape index (κ3) is 8.48. The van der Waals surface area contributed by atoms with Crippen molar-refractivity contribution < 1.29 is 33.3 Å². The van der Waals surface area contributed by atoms with E-state index in [1.807, 2.05) is 0 Å². The van der Waals surface area contributed by atoms with E-state index in [0.29, 0.717) is 11.4 Å². The van der Waals surface area contributed by atoms with E-state index >= 15 is 0 Å². The van der Waals surface area contributed by atoms with Gasteiger partial charge in [-0.15, -0.1) is 0 Å². The van der Waals surface area contributed by atoms with Gasteiger partial charge in [-0.2, -0.15) is 0 Å². The highest BCUT2D eigenvalue weighted by atomic mass is 16.7. The molecule has 1 amide bonds. The molecule has 0 saturated carbocycles. The van der Waals surface area contributed by atoms with Gasteiger partial charge in [0.05, 0.1) is 0 Å². The molecule has 3 atom stereocenters. The zero-order valence-corrected chi connectivity index (χ0v) is 15.6. The second kappa shape index (κ2) is 10.4. The summed E-state index contributed by atoms with van der Waals surface area (Å²) >= 11 is 0. The Morgan fingerprint density at radius 3 is 2.12 bits per heavy atom. The van der Waals surface area contributed by atoms with Gasteiger partial charge in [-0.05, 0) is 38.1 Å². The topological polar surface area (TPSA) is 100 Å². The van der Waals surface area contributed by atoms with Gasteiger partial charge in [-0.1, -0.05) is 0 Å². The second-order valence-electron chi connectivity index (χ2n) is 5.68. The van der Waals surface area contributed by atoms with Gasteiger partial charge in [-0.3, -0.25) is 14.4 Å². The fourth-order valence-electron chi connectivity index (χ4n) is 2.11. The molecule has 0 aliphatic carbocycles. The predicted molar refractivity (Wildman–Crippen MR) is 93.6 cm³/mol. The molecule has 0 spiro atoms. The molecule has 0 fully saturated rings. The molecular formula is C18H25NO7. The molecule has 0 radical (unpaired) electrons. The first-order valence-electron chi connectivity index (χ1n) is 8.17. The molecule has 1 aromatic rings. The Morgan fingerprint density at radius 1 is 1.00 bits per heavy atom. The van der Waals surface area contributed by atoms with Crippen molar-refractivity contribution in [1.29, 1.82) is 0 Å². The lowest BCUT2D eigenvalue weighted by Gasteiger charge is -2.27. The molecule has 1 rings (SSSR count). The highest BCUT2D eigenvalue weighted by Gasteiger charge is 2.25. The quantitative estimate of drug-likeness (QED) is 0.528. The minimum atomic E-state index is -0.694. The van der Waals surface area contributed by atoms with Crippen molar-refractivity contribution in [3.8, 4) is 5.75 Å². The van der Waals surface area contributed by atoms with E-state index < -0.39 is 30.4 Å². The monoisotopic (exact) mass is 367 g/mol. The van der Waals surface area contributed by atoms with E-state index in [4.69, 9.17) is 18.9 Å². The van der Waals surface area contributed by atoms with Gasteiger partial charge in [0.25, 0.3) is 0 Å². The van der Waals surface area contributed by atoms with Gasteiger partial charge in [0.1, 0.15) is 24.6 Å². The molecule has 0 aromatic heterocycles. The van der Waals surface area contributed by atoms with E-state index in [0.717, 1.165) is 0 Å². The van der Waals surface area contributed by atoms with Crippen LogP contribution in [0, 0.1) is 0 Å². The number of benzene rings is 1. The number of esters is 2. The molecule has 0 saturated heterocycles. The minimum absolute atomic E-state index is 0.0705. The lowest BCUT2D eigenvalue weighted by atomic mass is 10.2. The Hall–Kier alpha value is -2.61. The van der Waals surface area contributed by atoms with Gasteiger partial charge < -0.3 is 24.3 Å². The number of anilines is 1. The van der Waals surface area contributed by atoms with Crippen LogP contribution in [0.4, 0.5) is 5.69 Å². The van der Waals surface area contributed by atoms with Crippen LogP contribution in [-0.2, 0) is 28.6 Å². The summed E-state index contributed by atoms with van der Waals surface area (Å²) in [5.74, 6) is -0.562. The van der Waals surface area contributed by atoms with Crippen LogP contribution in [0.3, 0.4) is 0 Å². The summed E-state index contributed by atoms with van der Waals surface area (Å²) in [7, 11) is 0. The SMILES string of the molecule is CC(=O)Nc1ccc(O[C@H](C)OC(COC(C)=O)[C@H](C)OC(C)=O)cc1. The van der Waals surface area contributed by atoms with Crippen LogP contribution in [0.25, 0.3) is 0 Å². The summed E-state index contributed by atoms with van der Waals surface area (Å²) in [6, 6.07) is 6.76. The van der Waals surface area contributed by atoms with E-state index in [1.165, 1.54) is 20.8 Å². The average molecular weight is 367 g/mol. The highest BCUT2D eigenvalue weighted by Crippen LogP contribution is 2.18. The Kier molecular flexibility index (Phi) is 8.57. The summed E-state index contributed by atoms with van der Waals surface area (Å²) in [6.07, 6.45) is -2.00. The molecule has 0 heterocycles. The zero-order valence-electron chi connectivity index (χ0n) is 15.6. The smallest absolute Gasteiger partial charge is 0.302 e. The molecule has 1 aromatic carbocycles. The Morgan fingerprint density at radius 2 is 1.62 bits per heavy atom. The molecular weight excluding hydrogens is 342 g/mol. The van der Waals surface area contributed by atoms with E-state index in [2.05, 4.69) is 5.32 Å². The molecule has 144 valence electrons.